The zero-order valence-corrected chi connectivity index (χ0v) is 16.8. The molecular formula is C22H23F3N4O2. The number of benzene rings is 2. The van der Waals surface area contributed by atoms with Crippen molar-refractivity contribution < 1.29 is 23.4 Å². The summed E-state index contributed by atoms with van der Waals surface area (Å²) in [6.45, 7) is 2.39. The van der Waals surface area contributed by atoms with Crippen molar-refractivity contribution in [1.82, 2.24) is 20.3 Å². The third-order valence-corrected chi connectivity index (χ3v) is 5.62. The van der Waals surface area contributed by atoms with Crippen molar-refractivity contribution >= 4 is 0 Å². The van der Waals surface area contributed by atoms with Gasteiger partial charge < -0.3 is 15.5 Å². The fraction of sp³-hybridized carbons (Fsp3) is 0.364. The highest BCUT2D eigenvalue weighted by Gasteiger charge is 2.41. The molecule has 164 valence electrons. The van der Waals surface area contributed by atoms with Crippen LogP contribution in [0.5, 0.6) is 5.75 Å². The molecule has 0 bridgehead atoms. The molecule has 6 nitrogen and oxygen atoms in total. The average Bonchev–Trinajstić information content (AvgIpc) is 3.17. The molecule has 9 heteroatoms. The van der Waals surface area contributed by atoms with Crippen LogP contribution in [-0.4, -0.2) is 31.2 Å². The summed E-state index contributed by atoms with van der Waals surface area (Å²) in [6.07, 6.45) is -1.99. The normalized spacial score (nSPS) is 24.3. The van der Waals surface area contributed by atoms with Gasteiger partial charge in [0.25, 0.3) is 0 Å². The van der Waals surface area contributed by atoms with E-state index in [0.717, 1.165) is 17.7 Å². The molecule has 31 heavy (non-hydrogen) atoms. The van der Waals surface area contributed by atoms with E-state index in [1.54, 1.807) is 35.1 Å². The lowest BCUT2D eigenvalue weighted by Crippen LogP contribution is -2.47. The average molecular weight is 432 g/mol. The number of aromatic hydroxyl groups is 1. The van der Waals surface area contributed by atoms with E-state index in [4.69, 9.17) is 0 Å². The lowest BCUT2D eigenvalue weighted by Gasteiger charge is -2.40. The summed E-state index contributed by atoms with van der Waals surface area (Å²) in [6, 6.07) is 11.1. The maximum absolute atomic E-state index is 12.9. The molecule has 1 unspecified atom stereocenters. The van der Waals surface area contributed by atoms with Gasteiger partial charge in [0.05, 0.1) is 35.6 Å². The number of nitrogens with zero attached hydrogens (tertiary/aromatic N) is 3. The predicted octanol–water partition coefficient (Wildman–Crippen LogP) is 3.75. The number of nitrogens with one attached hydrogen (secondary N) is 1. The minimum absolute atomic E-state index is 0.0757. The number of phenols is 1. The summed E-state index contributed by atoms with van der Waals surface area (Å²) in [4.78, 5) is 0. The summed E-state index contributed by atoms with van der Waals surface area (Å²) in [5, 5.41) is 32.5. The van der Waals surface area contributed by atoms with Crippen LogP contribution >= 0.6 is 0 Å². The first-order chi connectivity index (χ1) is 14.6. The van der Waals surface area contributed by atoms with Crippen molar-refractivity contribution in [1.29, 1.82) is 0 Å². The zero-order chi connectivity index (χ0) is 22.2. The SMILES string of the molecule is C[C@H]1CC(O)(c2ccc(C(F)(F)F)cc2)C[C@@H](c2cn(Cc3ccc(O)cc3)nn2)N1. The maximum atomic E-state index is 12.9. The summed E-state index contributed by atoms with van der Waals surface area (Å²) < 4.78 is 40.3. The molecule has 0 saturated carbocycles. The van der Waals surface area contributed by atoms with Crippen LogP contribution in [0.15, 0.2) is 54.7 Å². The number of hydrogen-bond donors (Lipinski definition) is 3. The summed E-state index contributed by atoms with van der Waals surface area (Å²) in [7, 11) is 0. The molecule has 3 N–H and O–H groups in total. The Labute approximate surface area is 177 Å². The van der Waals surface area contributed by atoms with E-state index in [1.807, 2.05) is 6.92 Å². The number of phenolic OH excluding ortho intramolecular Hbond substituents is 1. The number of aromatic nitrogens is 3. The zero-order valence-electron chi connectivity index (χ0n) is 16.8. The molecular weight excluding hydrogens is 409 g/mol. The highest BCUT2D eigenvalue weighted by Crippen LogP contribution is 2.40. The molecule has 2 heterocycles. The van der Waals surface area contributed by atoms with Crippen molar-refractivity contribution in [3.63, 3.8) is 0 Å². The Bertz CT molecular complexity index is 1030. The van der Waals surface area contributed by atoms with Gasteiger partial charge in [-0.3, -0.25) is 0 Å². The third kappa shape index (κ3) is 4.72. The molecule has 0 amide bonds. The van der Waals surface area contributed by atoms with Crippen LogP contribution in [0.4, 0.5) is 13.2 Å². The molecule has 3 aromatic rings. The summed E-state index contributed by atoms with van der Waals surface area (Å²) >= 11 is 0. The van der Waals surface area contributed by atoms with Crippen molar-refractivity contribution in [2.75, 3.05) is 0 Å². The van der Waals surface area contributed by atoms with E-state index in [9.17, 15) is 23.4 Å². The van der Waals surface area contributed by atoms with Crippen LogP contribution in [0.2, 0.25) is 0 Å². The Hall–Kier alpha value is -2.91. The Morgan fingerprint density at radius 1 is 1.10 bits per heavy atom. The first kappa shape index (κ1) is 21.3. The molecule has 1 aliphatic heterocycles. The highest BCUT2D eigenvalue weighted by molar-refractivity contribution is 5.30. The second kappa shape index (κ2) is 7.97. The van der Waals surface area contributed by atoms with Gasteiger partial charge in [-0.15, -0.1) is 5.10 Å². The molecule has 1 saturated heterocycles. The minimum atomic E-state index is -4.42. The van der Waals surface area contributed by atoms with Gasteiger partial charge in [0.2, 0.25) is 0 Å². The van der Waals surface area contributed by atoms with E-state index >= 15 is 0 Å². The number of hydrogen-bond acceptors (Lipinski definition) is 5. The van der Waals surface area contributed by atoms with Crippen LogP contribution in [0, 0.1) is 0 Å². The van der Waals surface area contributed by atoms with Crippen molar-refractivity contribution in [2.45, 2.75) is 50.2 Å². The second-order valence-corrected chi connectivity index (χ2v) is 8.14. The number of rotatable bonds is 4. The van der Waals surface area contributed by atoms with Gasteiger partial charge in [0, 0.05) is 12.5 Å². The fourth-order valence-corrected chi connectivity index (χ4v) is 4.12. The second-order valence-electron chi connectivity index (χ2n) is 8.14. The van der Waals surface area contributed by atoms with Crippen LogP contribution in [0.3, 0.4) is 0 Å². The molecule has 1 aromatic heterocycles. The van der Waals surface area contributed by atoms with Gasteiger partial charge in [0.15, 0.2) is 0 Å². The quantitative estimate of drug-likeness (QED) is 0.585. The summed E-state index contributed by atoms with van der Waals surface area (Å²) in [5.74, 6) is 0.186. The van der Waals surface area contributed by atoms with Gasteiger partial charge in [0.1, 0.15) is 5.75 Å². The van der Waals surface area contributed by atoms with Crippen molar-refractivity contribution in [2.24, 2.45) is 0 Å². The number of piperidine rings is 1. The first-order valence-corrected chi connectivity index (χ1v) is 9.96. The smallest absolute Gasteiger partial charge is 0.416 e. The van der Waals surface area contributed by atoms with Gasteiger partial charge in [-0.2, -0.15) is 13.2 Å². The largest absolute Gasteiger partial charge is 0.508 e. The molecule has 3 atom stereocenters. The lowest BCUT2D eigenvalue weighted by molar-refractivity contribution is -0.137. The monoisotopic (exact) mass is 432 g/mol. The standard InChI is InChI=1S/C22H23F3N4O2/c1-14-10-21(31,16-4-6-17(7-5-16)22(23,24)25)11-19(26-14)20-13-29(28-27-20)12-15-2-8-18(30)9-3-15/h2-9,13-14,19,26,30-31H,10-12H2,1H3/t14-,19-,21?/m0/s1. The predicted molar refractivity (Wildman–Crippen MR) is 107 cm³/mol. The molecule has 1 aliphatic rings. The Morgan fingerprint density at radius 3 is 2.42 bits per heavy atom. The van der Waals surface area contributed by atoms with E-state index in [-0.39, 0.29) is 24.3 Å². The van der Waals surface area contributed by atoms with Gasteiger partial charge in [-0.25, -0.2) is 4.68 Å². The van der Waals surface area contributed by atoms with Gasteiger partial charge >= 0.3 is 6.18 Å². The summed E-state index contributed by atoms with van der Waals surface area (Å²) in [5.41, 5.74) is 0.0299. The maximum Gasteiger partial charge on any atom is 0.416 e. The van der Waals surface area contributed by atoms with Crippen LogP contribution in [-0.2, 0) is 18.3 Å². The third-order valence-electron chi connectivity index (χ3n) is 5.62. The highest BCUT2D eigenvalue weighted by atomic mass is 19.4. The van der Waals surface area contributed by atoms with Gasteiger partial charge in [-0.05, 0) is 48.7 Å². The molecule has 0 spiro atoms. The lowest BCUT2D eigenvalue weighted by atomic mass is 9.78. The van der Waals surface area contributed by atoms with Crippen LogP contribution < -0.4 is 5.32 Å². The molecule has 0 radical (unpaired) electrons. The topological polar surface area (TPSA) is 83.2 Å². The number of halogens is 3. The number of alkyl halides is 3. The van der Waals surface area contributed by atoms with Crippen LogP contribution in [0.1, 0.15) is 48.2 Å². The molecule has 2 aromatic carbocycles. The van der Waals surface area contributed by atoms with E-state index < -0.39 is 17.3 Å². The van der Waals surface area contributed by atoms with E-state index in [2.05, 4.69) is 15.6 Å². The minimum Gasteiger partial charge on any atom is -0.508 e. The van der Waals surface area contributed by atoms with E-state index in [1.165, 1.54) is 12.1 Å². The first-order valence-electron chi connectivity index (χ1n) is 9.96. The number of aliphatic hydroxyl groups is 1. The van der Waals surface area contributed by atoms with Crippen molar-refractivity contribution in [3.8, 4) is 5.75 Å². The molecule has 0 aliphatic carbocycles. The molecule has 1 fully saturated rings. The fourth-order valence-electron chi connectivity index (χ4n) is 4.12. The van der Waals surface area contributed by atoms with Crippen molar-refractivity contribution in [3.05, 3.63) is 77.1 Å². The molecule has 4 rings (SSSR count). The Morgan fingerprint density at radius 2 is 1.77 bits per heavy atom. The van der Waals surface area contributed by atoms with Gasteiger partial charge in [-0.1, -0.05) is 29.5 Å². The van der Waals surface area contributed by atoms with Crippen LogP contribution in [0.25, 0.3) is 0 Å². The Balaban J connectivity index is 1.52. The Kier molecular flexibility index (Phi) is 5.49. The van der Waals surface area contributed by atoms with E-state index in [0.29, 0.717) is 24.2 Å².